The van der Waals surface area contributed by atoms with Gasteiger partial charge in [0.2, 0.25) is 0 Å². The maximum atomic E-state index is 11.9. The fraction of sp³-hybridized carbons (Fsp3) is 0.462. The van der Waals surface area contributed by atoms with E-state index in [1.165, 1.54) is 0 Å². The molecule has 0 fully saturated rings. The molecular weight excluding hydrogens is 222 g/mol. The van der Waals surface area contributed by atoms with Crippen molar-refractivity contribution in [2.45, 2.75) is 26.2 Å². The molecule has 1 aromatic carbocycles. The van der Waals surface area contributed by atoms with Crippen LogP contribution >= 0.6 is 11.6 Å². The number of carbonyl (C=O) groups excluding carboxylic acids is 1. The number of amides is 1. The minimum Gasteiger partial charge on any atom is -0.351 e. The third kappa shape index (κ3) is 3.24. The molecule has 0 radical (unpaired) electrons. The van der Waals surface area contributed by atoms with Crippen LogP contribution in [-0.4, -0.2) is 18.3 Å². The summed E-state index contributed by atoms with van der Waals surface area (Å²) < 4.78 is 0. The number of hydrogen-bond acceptors (Lipinski definition) is 1. The number of hydrogen-bond donors (Lipinski definition) is 1. The van der Waals surface area contributed by atoms with Gasteiger partial charge in [0, 0.05) is 18.0 Å². The molecule has 0 unspecified atom stereocenters. The van der Waals surface area contributed by atoms with Crippen LogP contribution in [0.5, 0.6) is 0 Å². The van der Waals surface area contributed by atoms with E-state index in [1.807, 2.05) is 24.3 Å². The van der Waals surface area contributed by atoms with Crippen molar-refractivity contribution in [1.82, 2.24) is 5.32 Å². The highest BCUT2D eigenvalue weighted by molar-refractivity contribution is 6.18. The van der Waals surface area contributed by atoms with Gasteiger partial charge in [0.05, 0.1) is 0 Å². The van der Waals surface area contributed by atoms with Crippen LogP contribution in [0.3, 0.4) is 0 Å². The normalized spacial score (nSPS) is 11.2. The van der Waals surface area contributed by atoms with Gasteiger partial charge >= 0.3 is 0 Å². The molecule has 88 valence electrons. The SMILES string of the molecule is CC(C)(C)c1ccccc1C(=O)NCCCl. The molecule has 0 saturated carbocycles. The first kappa shape index (κ1) is 13.0. The van der Waals surface area contributed by atoms with Crippen molar-refractivity contribution in [3.63, 3.8) is 0 Å². The predicted molar refractivity (Wildman–Crippen MR) is 68.2 cm³/mol. The van der Waals surface area contributed by atoms with Gasteiger partial charge in [-0.2, -0.15) is 0 Å². The summed E-state index contributed by atoms with van der Waals surface area (Å²) in [7, 11) is 0. The van der Waals surface area contributed by atoms with Gasteiger partial charge in [-0.05, 0) is 17.0 Å². The molecule has 1 N–H and O–H groups in total. The van der Waals surface area contributed by atoms with Gasteiger partial charge in [-0.1, -0.05) is 39.0 Å². The second kappa shape index (κ2) is 5.35. The molecule has 0 aliphatic carbocycles. The molecular formula is C13H18ClNO. The number of nitrogens with one attached hydrogen (secondary N) is 1. The van der Waals surface area contributed by atoms with Crippen LogP contribution in [0.2, 0.25) is 0 Å². The molecule has 2 nitrogen and oxygen atoms in total. The Morgan fingerprint density at radius 3 is 2.50 bits per heavy atom. The first-order chi connectivity index (χ1) is 7.46. The Morgan fingerprint density at radius 2 is 1.94 bits per heavy atom. The van der Waals surface area contributed by atoms with E-state index in [9.17, 15) is 4.79 Å². The quantitative estimate of drug-likeness (QED) is 0.808. The van der Waals surface area contributed by atoms with E-state index in [0.717, 1.165) is 11.1 Å². The zero-order valence-electron chi connectivity index (χ0n) is 10.0. The van der Waals surface area contributed by atoms with Crippen LogP contribution in [0.1, 0.15) is 36.7 Å². The van der Waals surface area contributed by atoms with Gasteiger partial charge in [-0.25, -0.2) is 0 Å². The number of alkyl halides is 1. The van der Waals surface area contributed by atoms with Crippen LogP contribution in [0.4, 0.5) is 0 Å². The monoisotopic (exact) mass is 239 g/mol. The summed E-state index contributed by atoms with van der Waals surface area (Å²) >= 11 is 5.55. The second-order valence-corrected chi connectivity index (χ2v) is 5.12. The lowest BCUT2D eigenvalue weighted by molar-refractivity contribution is 0.0954. The molecule has 1 aromatic rings. The third-order valence-electron chi connectivity index (χ3n) is 2.36. The van der Waals surface area contributed by atoms with Crippen molar-refractivity contribution >= 4 is 17.5 Å². The Morgan fingerprint density at radius 1 is 1.31 bits per heavy atom. The van der Waals surface area contributed by atoms with Crippen molar-refractivity contribution in [1.29, 1.82) is 0 Å². The Kier molecular flexibility index (Phi) is 4.36. The van der Waals surface area contributed by atoms with Crippen molar-refractivity contribution in [3.05, 3.63) is 35.4 Å². The predicted octanol–water partition coefficient (Wildman–Crippen LogP) is 2.95. The lowest BCUT2D eigenvalue weighted by Gasteiger charge is -2.22. The van der Waals surface area contributed by atoms with Gasteiger partial charge in [0.15, 0.2) is 0 Å². The van der Waals surface area contributed by atoms with E-state index >= 15 is 0 Å². The number of rotatable bonds is 3. The number of carbonyl (C=O) groups is 1. The Bertz CT molecular complexity index is 368. The van der Waals surface area contributed by atoms with E-state index in [-0.39, 0.29) is 11.3 Å². The zero-order chi connectivity index (χ0) is 12.2. The average Bonchev–Trinajstić information content (AvgIpc) is 2.24. The highest BCUT2D eigenvalue weighted by Gasteiger charge is 2.20. The van der Waals surface area contributed by atoms with Gasteiger partial charge in [-0.15, -0.1) is 11.6 Å². The topological polar surface area (TPSA) is 29.1 Å². The Labute approximate surface area is 102 Å². The summed E-state index contributed by atoms with van der Waals surface area (Å²) in [6.45, 7) is 6.79. The number of benzene rings is 1. The van der Waals surface area contributed by atoms with Crippen molar-refractivity contribution in [2.75, 3.05) is 12.4 Å². The molecule has 0 aliphatic heterocycles. The van der Waals surface area contributed by atoms with Gasteiger partial charge in [-0.3, -0.25) is 4.79 Å². The number of halogens is 1. The zero-order valence-corrected chi connectivity index (χ0v) is 10.8. The molecule has 16 heavy (non-hydrogen) atoms. The van der Waals surface area contributed by atoms with E-state index in [2.05, 4.69) is 26.1 Å². The molecule has 0 heterocycles. The molecule has 0 saturated heterocycles. The fourth-order valence-electron chi connectivity index (χ4n) is 1.59. The van der Waals surface area contributed by atoms with Crippen LogP contribution in [0.25, 0.3) is 0 Å². The first-order valence-corrected chi connectivity index (χ1v) is 5.94. The summed E-state index contributed by atoms with van der Waals surface area (Å²) in [5.74, 6) is 0.384. The van der Waals surface area contributed by atoms with E-state index in [4.69, 9.17) is 11.6 Å². The molecule has 0 bridgehead atoms. The smallest absolute Gasteiger partial charge is 0.251 e. The molecule has 1 rings (SSSR count). The van der Waals surface area contributed by atoms with E-state index in [1.54, 1.807) is 0 Å². The Hall–Kier alpha value is -1.02. The van der Waals surface area contributed by atoms with Crippen molar-refractivity contribution in [3.8, 4) is 0 Å². The summed E-state index contributed by atoms with van der Waals surface area (Å²) in [5, 5.41) is 2.79. The second-order valence-electron chi connectivity index (χ2n) is 4.74. The van der Waals surface area contributed by atoms with Crippen LogP contribution in [0.15, 0.2) is 24.3 Å². The minimum atomic E-state index is -0.0498. The summed E-state index contributed by atoms with van der Waals surface area (Å²) in [4.78, 5) is 11.9. The lowest BCUT2D eigenvalue weighted by Crippen LogP contribution is -2.28. The van der Waals surface area contributed by atoms with E-state index in [0.29, 0.717) is 12.4 Å². The fourth-order valence-corrected chi connectivity index (χ4v) is 1.69. The minimum absolute atomic E-state index is 0.0328. The summed E-state index contributed by atoms with van der Waals surface area (Å²) in [6.07, 6.45) is 0. The van der Waals surface area contributed by atoms with Crippen LogP contribution in [0, 0.1) is 0 Å². The molecule has 0 aliphatic rings. The highest BCUT2D eigenvalue weighted by Crippen LogP contribution is 2.25. The molecule has 0 atom stereocenters. The van der Waals surface area contributed by atoms with E-state index < -0.39 is 0 Å². The molecule has 0 aromatic heterocycles. The Balaban J connectivity index is 3.00. The lowest BCUT2D eigenvalue weighted by atomic mass is 9.83. The maximum absolute atomic E-state index is 11.9. The summed E-state index contributed by atoms with van der Waals surface area (Å²) in [6, 6.07) is 7.68. The summed E-state index contributed by atoms with van der Waals surface area (Å²) in [5.41, 5.74) is 1.76. The average molecular weight is 240 g/mol. The molecule has 3 heteroatoms. The molecule has 0 spiro atoms. The largest absolute Gasteiger partial charge is 0.351 e. The molecule has 1 amide bonds. The third-order valence-corrected chi connectivity index (χ3v) is 2.55. The van der Waals surface area contributed by atoms with Crippen molar-refractivity contribution < 1.29 is 4.79 Å². The van der Waals surface area contributed by atoms with Crippen molar-refractivity contribution in [2.24, 2.45) is 0 Å². The van der Waals surface area contributed by atoms with Crippen LogP contribution in [-0.2, 0) is 5.41 Å². The standard InChI is InChI=1S/C13H18ClNO/c1-13(2,3)11-7-5-4-6-10(11)12(16)15-9-8-14/h4-7H,8-9H2,1-3H3,(H,15,16). The first-order valence-electron chi connectivity index (χ1n) is 5.40. The maximum Gasteiger partial charge on any atom is 0.251 e. The van der Waals surface area contributed by atoms with Gasteiger partial charge in [0.25, 0.3) is 5.91 Å². The highest BCUT2D eigenvalue weighted by atomic mass is 35.5. The van der Waals surface area contributed by atoms with Gasteiger partial charge in [0.1, 0.15) is 0 Å². The van der Waals surface area contributed by atoms with Crippen LogP contribution < -0.4 is 5.32 Å². The van der Waals surface area contributed by atoms with Gasteiger partial charge < -0.3 is 5.32 Å².